The summed E-state index contributed by atoms with van der Waals surface area (Å²) in [5.74, 6) is 0.518. The summed E-state index contributed by atoms with van der Waals surface area (Å²) in [4.78, 5) is 26.0. The number of hydrogen-bond donors (Lipinski definition) is 0. The van der Waals surface area contributed by atoms with Crippen LogP contribution >= 0.6 is 31.9 Å². The smallest absolute Gasteiger partial charge is 0.254 e. The normalized spacial score (nSPS) is 25.3. The highest BCUT2D eigenvalue weighted by atomic mass is 79.9. The number of nitrogens with zero attached hydrogens (tertiary/aromatic N) is 2. The summed E-state index contributed by atoms with van der Waals surface area (Å²) in [6, 6.07) is 11.6. The lowest BCUT2D eigenvalue weighted by Crippen LogP contribution is -2.38. The molecule has 0 aromatic heterocycles. The maximum atomic E-state index is 13.0. The Balaban J connectivity index is 1.35. The van der Waals surface area contributed by atoms with Crippen molar-refractivity contribution in [3.63, 3.8) is 0 Å². The number of hydrazone groups is 1. The summed E-state index contributed by atoms with van der Waals surface area (Å²) in [5, 5.41) is 5.38. The van der Waals surface area contributed by atoms with E-state index >= 15 is 0 Å². The van der Waals surface area contributed by atoms with Crippen molar-refractivity contribution >= 4 is 49.9 Å². The van der Waals surface area contributed by atoms with Crippen LogP contribution in [-0.4, -0.2) is 29.6 Å². The Kier molecular flexibility index (Phi) is 6.62. The average molecular weight is 588 g/mol. The second-order valence-electron chi connectivity index (χ2n) is 8.75. The standard InChI is InChI=1S/C26H24Br2N2O4/c1-2-33-21-12-16(11-20(28)24(21)34-14-15-3-9-19(27)10-4-15)13-29-30-25(31)22-17-5-6-18(8-7-17)23(22)26(30)32/h3-6,9-13,17-18,22-23H,2,7-8,14H2,1H3/b29-13-/t17-,18-,22-,23-/m0/s1. The van der Waals surface area contributed by atoms with Crippen LogP contribution in [0.2, 0.25) is 0 Å². The highest BCUT2D eigenvalue weighted by Crippen LogP contribution is 2.49. The van der Waals surface area contributed by atoms with E-state index in [4.69, 9.17) is 9.47 Å². The Labute approximate surface area is 215 Å². The number of carbonyl (C=O) groups is 2. The number of benzene rings is 2. The number of fused-ring (bicyclic) bond motifs is 1. The number of hydrogen-bond acceptors (Lipinski definition) is 5. The molecule has 1 heterocycles. The van der Waals surface area contributed by atoms with Gasteiger partial charge in [0.05, 0.1) is 29.1 Å². The van der Waals surface area contributed by atoms with Crippen LogP contribution in [-0.2, 0) is 16.2 Å². The third-order valence-corrected chi connectivity index (χ3v) is 7.80. The van der Waals surface area contributed by atoms with E-state index in [9.17, 15) is 9.59 Å². The molecule has 4 atom stereocenters. The van der Waals surface area contributed by atoms with Gasteiger partial charge in [0.1, 0.15) is 6.61 Å². The molecule has 0 spiro atoms. The average Bonchev–Trinajstić information content (AvgIpc) is 3.11. The number of carbonyl (C=O) groups excluding carboxylic acids is 2. The van der Waals surface area contributed by atoms with Gasteiger partial charge in [-0.2, -0.15) is 10.1 Å². The number of halogens is 2. The van der Waals surface area contributed by atoms with Gasteiger partial charge >= 0.3 is 0 Å². The van der Waals surface area contributed by atoms with Crippen LogP contribution in [0.3, 0.4) is 0 Å². The maximum absolute atomic E-state index is 13.0. The number of allylic oxidation sites excluding steroid dienone is 2. The van der Waals surface area contributed by atoms with Crippen LogP contribution in [0.4, 0.5) is 0 Å². The van der Waals surface area contributed by atoms with E-state index in [2.05, 4.69) is 49.1 Å². The van der Waals surface area contributed by atoms with Crippen molar-refractivity contribution in [2.75, 3.05) is 6.61 Å². The molecule has 0 radical (unpaired) electrons. The number of amides is 2. The molecule has 8 heteroatoms. The van der Waals surface area contributed by atoms with Gasteiger partial charge in [-0.05, 0) is 82.9 Å². The van der Waals surface area contributed by atoms with Gasteiger partial charge in [-0.25, -0.2) is 0 Å². The van der Waals surface area contributed by atoms with E-state index in [0.29, 0.717) is 34.7 Å². The zero-order valence-electron chi connectivity index (χ0n) is 18.6. The van der Waals surface area contributed by atoms with Crippen LogP contribution in [0.1, 0.15) is 30.9 Å². The van der Waals surface area contributed by atoms with Gasteiger partial charge < -0.3 is 9.47 Å². The van der Waals surface area contributed by atoms with Crippen LogP contribution in [0, 0.1) is 23.7 Å². The first-order valence-corrected chi connectivity index (χ1v) is 13.0. The topological polar surface area (TPSA) is 68.2 Å². The molecule has 6 rings (SSSR count). The minimum absolute atomic E-state index is 0.146. The number of ether oxygens (including phenoxy) is 2. The predicted molar refractivity (Wildman–Crippen MR) is 136 cm³/mol. The molecule has 0 N–H and O–H groups in total. The SMILES string of the molecule is CCOc1cc(/C=N\N2C(=O)[C@@H]3[C@@H](C2=O)[C@H]2C=C[C@H]3CC2)cc(Br)c1OCc1ccc(Br)cc1. The van der Waals surface area contributed by atoms with Crippen LogP contribution in [0.15, 0.2) is 62.6 Å². The molecule has 6 nitrogen and oxygen atoms in total. The van der Waals surface area contributed by atoms with Crippen molar-refractivity contribution in [1.29, 1.82) is 0 Å². The fraction of sp³-hybridized carbons (Fsp3) is 0.346. The number of imide groups is 1. The van der Waals surface area contributed by atoms with Crippen molar-refractivity contribution in [1.82, 2.24) is 5.01 Å². The van der Waals surface area contributed by atoms with E-state index in [1.807, 2.05) is 37.3 Å². The van der Waals surface area contributed by atoms with Gasteiger partial charge in [0, 0.05) is 4.47 Å². The quantitative estimate of drug-likeness (QED) is 0.236. The molecule has 0 unspecified atom stereocenters. The molecule has 1 aliphatic heterocycles. The van der Waals surface area contributed by atoms with E-state index in [0.717, 1.165) is 27.9 Å². The van der Waals surface area contributed by atoms with Gasteiger partial charge in [0.25, 0.3) is 11.8 Å². The largest absolute Gasteiger partial charge is 0.490 e. The fourth-order valence-corrected chi connectivity index (χ4v) is 5.94. The Morgan fingerprint density at radius 2 is 1.65 bits per heavy atom. The summed E-state index contributed by atoms with van der Waals surface area (Å²) in [7, 11) is 0. The van der Waals surface area contributed by atoms with Gasteiger partial charge in [0.2, 0.25) is 0 Å². The minimum atomic E-state index is -0.270. The van der Waals surface area contributed by atoms with Crippen molar-refractivity contribution in [2.24, 2.45) is 28.8 Å². The summed E-state index contributed by atoms with van der Waals surface area (Å²) in [6.07, 6.45) is 7.67. The van der Waals surface area contributed by atoms with Crippen LogP contribution in [0.25, 0.3) is 0 Å². The lowest BCUT2D eigenvalue weighted by Gasteiger charge is -2.37. The Morgan fingerprint density at radius 1 is 1.00 bits per heavy atom. The van der Waals surface area contributed by atoms with Crippen molar-refractivity contribution in [3.05, 3.63) is 68.6 Å². The van der Waals surface area contributed by atoms with Crippen LogP contribution in [0.5, 0.6) is 11.5 Å². The van der Waals surface area contributed by atoms with Crippen molar-refractivity contribution in [3.8, 4) is 11.5 Å². The second-order valence-corrected chi connectivity index (χ2v) is 10.5. The lowest BCUT2D eigenvalue weighted by atomic mass is 9.63. The van der Waals surface area contributed by atoms with Gasteiger partial charge in [0.15, 0.2) is 11.5 Å². The van der Waals surface area contributed by atoms with E-state index < -0.39 is 0 Å². The summed E-state index contributed by atoms with van der Waals surface area (Å²) < 4.78 is 13.6. The highest BCUT2D eigenvalue weighted by Gasteiger charge is 2.56. The molecule has 1 saturated heterocycles. The molecular formula is C26H24Br2N2O4. The molecule has 2 fully saturated rings. The molecular weight excluding hydrogens is 564 g/mol. The molecule has 4 aliphatic rings. The van der Waals surface area contributed by atoms with E-state index in [-0.39, 0.29) is 35.5 Å². The minimum Gasteiger partial charge on any atom is -0.490 e. The first kappa shape index (κ1) is 23.3. The van der Waals surface area contributed by atoms with Gasteiger partial charge in [-0.1, -0.05) is 40.2 Å². The molecule has 34 heavy (non-hydrogen) atoms. The first-order chi connectivity index (χ1) is 16.5. The molecule has 2 aromatic rings. The van der Waals surface area contributed by atoms with Gasteiger partial charge in [-0.15, -0.1) is 0 Å². The highest BCUT2D eigenvalue weighted by molar-refractivity contribution is 9.10. The fourth-order valence-electron chi connectivity index (χ4n) is 5.10. The summed E-state index contributed by atoms with van der Waals surface area (Å²) >= 11 is 7.01. The summed E-state index contributed by atoms with van der Waals surface area (Å²) in [6.45, 7) is 2.75. The molecule has 3 aliphatic carbocycles. The third-order valence-electron chi connectivity index (χ3n) is 6.69. The Morgan fingerprint density at radius 3 is 2.24 bits per heavy atom. The summed E-state index contributed by atoms with van der Waals surface area (Å²) in [5.41, 5.74) is 1.72. The Bertz CT molecular complexity index is 1150. The number of rotatable bonds is 7. The Hall–Kier alpha value is -2.45. The first-order valence-electron chi connectivity index (χ1n) is 11.4. The maximum Gasteiger partial charge on any atom is 0.254 e. The second kappa shape index (κ2) is 9.66. The monoisotopic (exact) mass is 586 g/mol. The van der Waals surface area contributed by atoms with E-state index in [1.165, 1.54) is 6.21 Å². The molecule has 176 valence electrons. The zero-order chi connectivity index (χ0) is 23.8. The molecule has 2 bridgehead atoms. The molecule has 2 amide bonds. The van der Waals surface area contributed by atoms with Crippen molar-refractivity contribution < 1.29 is 19.1 Å². The molecule has 1 saturated carbocycles. The zero-order valence-corrected chi connectivity index (χ0v) is 21.8. The lowest BCUT2D eigenvalue weighted by molar-refractivity contribution is -0.140. The van der Waals surface area contributed by atoms with Crippen molar-refractivity contribution in [2.45, 2.75) is 26.4 Å². The van der Waals surface area contributed by atoms with Crippen LogP contribution < -0.4 is 9.47 Å². The molecule has 2 aromatic carbocycles. The van der Waals surface area contributed by atoms with E-state index in [1.54, 1.807) is 6.07 Å². The van der Waals surface area contributed by atoms with Gasteiger partial charge in [-0.3, -0.25) is 9.59 Å². The predicted octanol–water partition coefficient (Wildman–Crippen LogP) is 5.72. The third kappa shape index (κ3) is 4.33.